The van der Waals surface area contributed by atoms with Gasteiger partial charge in [-0.25, -0.2) is 0 Å². The highest BCUT2D eigenvalue weighted by Gasteiger charge is 2.54. The van der Waals surface area contributed by atoms with Crippen LogP contribution in [0.1, 0.15) is 35.1 Å². The van der Waals surface area contributed by atoms with Crippen molar-refractivity contribution in [3.63, 3.8) is 0 Å². The second-order valence-electron chi connectivity index (χ2n) is 5.94. The van der Waals surface area contributed by atoms with Gasteiger partial charge >= 0.3 is 0 Å². The molecular weight excluding hydrogens is 270 g/mol. The van der Waals surface area contributed by atoms with Gasteiger partial charge in [-0.05, 0) is 19.8 Å². The first-order valence-corrected chi connectivity index (χ1v) is 7.62. The summed E-state index contributed by atoms with van der Waals surface area (Å²) >= 11 is 0. The molecule has 0 aromatic carbocycles. The number of H-pyrrole nitrogens is 1. The summed E-state index contributed by atoms with van der Waals surface area (Å²) in [6, 6.07) is 0.131. The number of aryl methyl sites for hydroxylation is 1. The number of rotatable bonds is 5. The number of nitrogens with one attached hydrogen (secondary N) is 2. The molecular formula is C15H23N3O3. The fourth-order valence-electron chi connectivity index (χ4n) is 3.65. The van der Waals surface area contributed by atoms with Crippen molar-refractivity contribution in [1.82, 2.24) is 15.5 Å². The van der Waals surface area contributed by atoms with Crippen molar-refractivity contribution in [2.75, 3.05) is 20.3 Å². The topological polar surface area (TPSA) is 76.2 Å². The summed E-state index contributed by atoms with van der Waals surface area (Å²) in [4.78, 5) is 12.5. The van der Waals surface area contributed by atoms with Crippen LogP contribution in [-0.2, 0) is 15.9 Å². The molecule has 2 aliphatic rings. The van der Waals surface area contributed by atoms with Crippen molar-refractivity contribution in [3.8, 4) is 0 Å². The average Bonchev–Trinajstić information content (AvgIpc) is 3.06. The van der Waals surface area contributed by atoms with Crippen molar-refractivity contribution in [2.45, 2.75) is 38.8 Å². The Morgan fingerprint density at radius 2 is 2.38 bits per heavy atom. The zero-order valence-corrected chi connectivity index (χ0v) is 12.8. The molecule has 116 valence electrons. The Hall–Kier alpha value is -1.40. The second kappa shape index (κ2) is 5.77. The summed E-state index contributed by atoms with van der Waals surface area (Å²) in [6.45, 7) is 5.38. The molecule has 1 aliphatic carbocycles. The zero-order chi connectivity index (χ0) is 15.0. The van der Waals surface area contributed by atoms with E-state index >= 15 is 0 Å². The minimum Gasteiger partial charge on any atom is -0.384 e. The first-order chi connectivity index (χ1) is 10.2. The van der Waals surface area contributed by atoms with Crippen LogP contribution in [0.5, 0.6) is 0 Å². The highest BCUT2D eigenvalue weighted by atomic mass is 16.5. The van der Waals surface area contributed by atoms with Gasteiger partial charge in [-0.15, -0.1) is 0 Å². The molecule has 0 spiro atoms. The molecule has 0 unspecified atom stereocenters. The highest BCUT2D eigenvalue weighted by Crippen LogP contribution is 2.43. The number of fused-ring (bicyclic) bond motifs is 1. The van der Waals surface area contributed by atoms with Crippen LogP contribution in [0.3, 0.4) is 0 Å². The number of hydrogen-bond acceptors (Lipinski definition) is 4. The summed E-state index contributed by atoms with van der Waals surface area (Å²) in [7, 11) is 1.69. The lowest BCUT2D eigenvalue weighted by molar-refractivity contribution is -0.0810. The smallest absolute Gasteiger partial charge is 0.272 e. The number of amides is 1. The fourth-order valence-corrected chi connectivity index (χ4v) is 3.65. The van der Waals surface area contributed by atoms with Crippen LogP contribution >= 0.6 is 0 Å². The quantitative estimate of drug-likeness (QED) is 0.851. The van der Waals surface area contributed by atoms with E-state index in [0.29, 0.717) is 18.2 Å². The van der Waals surface area contributed by atoms with Crippen LogP contribution in [0.2, 0.25) is 0 Å². The molecule has 4 atom stereocenters. The van der Waals surface area contributed by atoms with Crippen LogP contribution < -0.4 is 5.32 Å². The Bertz CT molecular complexity index is 528. The summed E-state index contributed by atoms with van der Waals surface area (Å²) in [5.74, 6) is 0.565. The average molecular weight is 293 g/mol. The lowest BCUT2D eigenvalue weighted by Crippen LogP contribution is -2.62. The molecule has 2 fully saturated rings. The third-order valence-corrected chi connectivity index (χ3v) is 4.86. The van der Waals surface area contributed by atoms with Crippen LogP contribution in [-0.4, -0.2) is 48.6 Å². The number of hydrogen-bond donors (Lipinski definition) is 2. The predicted octanol–water partition coefficient (Wildman–Crippen LogP) is 1.06. The summed E-state index contributed by atoms with van der Waals surface area (Å²) < 4.78 is 11.0. The zero-order valence-electron chi connectivity index (χ0n) is 12.8. The standard InChI is InChI=1S/C15H23N3O3/c1-4-11-8(2)12(18-17-11)15(19)16-13-9-5-6-21-14(9)10(13)7-20-3/h9-10,13-14H,4-7H2,1-3H3,(H,16,19)(H,17,18)/t9-,10+,13+,14-/m0/s1. The van der Waals surface area contributed by atoms with Gasteiger partial charge in [0, 0.05) is 42.9 Å². The van der Waals surface area contributed by atoms with Gasteiger partial charge < -0.3 is 14.8 Å². The molecule has 1 saturated heterocycles. The summed E-state index contributed by atoms with van der Waals surface area (Å²) in [5.41, 5.74) is 2.46. The van der Waals surface area contributed by atoms with Crippen molar-refractivity contribution in [2.24, 2.45) is 11.8 Å². The molecule has 2 heterocycles. The Kier molecular flexibility index (Phi) is 3.99. The maximum Gasteiger partial charge on any atom is 0.272 e. The molecule has 2 N–H and O–H groups in total. The van der Waals surface area contributed by atoms with Gasteiger partial charge in [0.05, 0.1) is 12.7 Å². The number of carbonyl (C=O) groups is 1. The lowest BCUT2D eigenvalue weighted by atomic mass is 9.67. The third-order valence-electron chi connectivity index (χ3n) is 4.86. The van der Waals surface area contributed by atoms with Gasteiger partial charge in [0.25, 0.3) is 5.91 Å². The van der Waals surface area contributed by atoms with Crippen molar-refractivity contribution in [1.29, 1.82) is 0 Å². The van der Waals surface area contributed by atoms with Crippen molar-refractivity contribution in [3.05, 3.63) is 17.0 Å². The SMILES string of the molecule is CCc1[nH]nc(C(=O)N[C@H]2[C@@H](COC)[C@H]3OCC[C@@H]23)c1C. The predicted molar refractivity (Wildman–Crippen MR) is 77.2 cm³/mol. The number of aromatic nitrogens is 2. The maximum atomic E-state index is 12.5. The monoisotopic (exact) mass is 293 g/mol. The number of ether oxygens (including phenoxy) is 2. The van der Waals surface area contributed by atoms with E-state index in [0.717, 1.165) is 30.7 Å². The molecule has 1 saturated carbocycles. The van der Waals surface area contributed by atoms with Crippen LogP contribution in [0.25, 0.3) is 0 Å². The summed E-state index contributed by atoms with van der Waals surface area (Å²) in [5, 5.41) is 10.2. The third kappa shape index (κ3) is 2.36. The minimum atomic E-state index is -0.0973. The molecule has 21 heavy (non-hydrogen) atoms. The molecule has 3 rings (SSSR count). The van der Waals surface area contributed by atoms with Crippen molar-refractivity contribution < 1.29 is 14.3 Å². The molecule has 1 aromatic rings. The van der Waals surface area contributed by atoms with E-state index in [1.807, 2.05) is 13.8 Å². The molecule has 0 bridgehead atoms. The molecule has 1 amide bonds. The molecule has 6 heteroatoms. The number of aromatic amines is 1. The minimum absolute atomic E-state index is 0.0973. The number of carbonyl (C=O) groups excluding carboxylic acids is 1. The van der Waals surface area contributed by atoms with E-state index < -0.39 is 0 Å². The van der Waals surface area contributed by atoms with Crippen LogP contribution in [0, 0.1) is 18.8 Å². The number of nitrogens with zero attached hydrogens (tertiary/aromatic N) is 1. The summed E-state index contributed by atoms with van der Waals surface area (Å²) in [6.07, 6.45) is 2.09. The van der Waals surface area contributed by atoms with Crippen molar-refractivity contribution >= 4 is 5.91 Å². The van der Waals surface area contributed by atoms with E-state index in [2.05, 4.69) is 15.5 Å². The van der Waals surface area contributed by atoms with E-state index in [-0.39, 0.29) is 24.0 Å². The largest absolute Gasteiger partial charge is 0.384 e. The van der Waals surface area contributed by atoms with E-state index in [1.54, 1.807) is 7.11 Å². The Labute approximate surface area is 124 Å². The van der Waals surface area contributed by atoms with Crippen LogP contribution in [0.15, 0.2) is 0 Å². The Morgan fingerprint density at radius 1 is 1.57 bits per heavy atom. The van der Waals surface area contributed by atoms with E-state index in [1.165, 1.54) is 0 Å². The molecule has 6 nitrogen and oxygen atoms in total. The van der Waals surface area contributed by atoms with E-state index in [9.17, 15) is 4.79 Å². The Morgan fingerprint density at radius 3 is 3.05 bits per heavy atom. The van der Waals surface area contributed by atoms with Crippen LogP contribution in [0.4, 0.5) is 0 Å². The lowest BCUT2D eigenvalue weighted by Gasteiger charge is -2.47. The van der Waals surface area contributed by atoms with Gasteiger partial charge in [-0.1, -0.05) is 6.92 Å². The molecule has 1 aliphatic heterocycles. The first kappa shape index (κ1) is 14.5. The highest BCUT2D eigenvalue weighted by molar-refractivity contribution is 5.94. The molecule has 0 radical (unpaired) electrons. The fraction of sp³-hybridized carbons (Fsp3) is 0.733. The normalized spacial score (nSPS) is 30.8. The maximum absolute atomic E-state index is 12.5. The van der Waals surface area contributed by atoms with Gasteiger partial charge in [-0.2, -0.15) is 5.10 Å². The number of methoxy groups -OCH3 is 1. The molecule has 1 aromatic heterocycles. The second-order valence-corrected chi connectivity index (χ2v) is 5.94. The van der Waals surface area contributed by atoms with Gasteiger partial charge in [0.15, 0.2) is 5.69 Å². The van der Waals surface area contributed by atoms with E-state index in [4.69, 9.17) is 9.47 Å². The van der Waals surface area contributed by atoms with Gasteiger partial charge in [0.1, 0.15) is 0 Å². The van der Waals surface area contributed by atoms with Gasteiger partial charge in [0.2, 0.25) is 0 Å². The first-order valence-electron chi connectivity index (χ1n) is 7.62. The Balaban J connectivity index is 1.70. The van der Waals surface area contributed by atoms with Gasteiger partial charge in [-0.3, -0.25) is 9.89 Å².